The molecule has 0 saturated heterocycles. The zero-order valence-corrected chi connectivity index (χ0v) is 15.4. The SMILES string of the molecule is CC[N-]CC.C[Si](C)C.[Cl-].[Cl-].[V+4].c1cc[cH-]c1. The third kappa shape index (κ3) is 60.9. The van der Waals surface area contributed by atoms with Crippen LogP contribution in [-0.2, 0) is 18.6 Å². The molecular formula is C12H24Cl2NSiV. The molecule has 1 rings (SSSR count). The predicted octanol–water partition coefficient (Wildman–Crippen LogP) is -1.82. The summed E-state index contributed by atoms with van der Waals surface area (Å²) in [4.78, 5) is 0. The van der Waals surface area contributed by atoms with E-state index in [1.807, 2.05) is 44.2 Å². The number of hydrogen-bond donors (Lipinski definition) is 0. The summed E-state index contributed by atoms with van der Waals surface area (Å²) in [5, 5.41) is 3.97. The second kappa shape index (κ2) is 30.1. The van der Waals surface area contributed by atoms with Crippen molar-refractivity contribution in [3.05, 3.63) is 35.6 Å². The maximum atomic E-state index is 3.97. The van der Waals surface area contributed by atoms with Crippen molar-refractivity contribution in [1.29, 1.82) is 0 Å². The Morgan fingerprint density at radius 2 is 1.24 bits per heavy atom. The molecule has 0 aliphatic rings. The van der Waals surface area contributed by atoms with Gasteiger partial charge >= 0.3 is 18.6 Å². The first-order chi connectivity index (χ1) is 6.65. The van der Waals surface area contributed by atoms with Gasteiger partial charge in [0, 0.05) is 8.80 Å². The fourth-order valence-corrected chi connectivity index (χ4v) is 0.544. The summed E-state index contributed by atoms with van der Waals surface area (Å²) in [7, 11) is 0.120. The molecule has 0 heterocycles. The van der Waals surface area contributed by atoms with E-state index in [1.165, 1.54) is 0 Å². The second-order valence-electron chi connectivity index (χ2n) is 3.32. The van der Waals surface area contributed by atoms with Crippen LogP contribution in [0.1, 0.15) is 13.8 Å². The number of rotatable bonds is 2. The second-order valence-corrected chi connectivity index (χ2v) is 6.32. The Labute approximate surface area is 134 Å². The van der Waals surface area contributed by atoms with Crippen LogP contribution < -0.4 is 24.8 Å². The first-order valence-corrected chi connectivity index (χ1v) is 8.21. The van der Waals surface area contributed by atoms with Gasteiger partial charge in [0.05, 0.1) is 0 Å². The average Bonchev–Trinajstić information content (AvgIpc) is 2.61. The Hall–Kier alpha value is 0.691. The normalized spacial score (nSPS) is 6.94. The molecule has 0 aliphatic heterocycles. The van der Waals surface area contributed by atoms with Crippen LogP contribution in [0, 0.1) is 0 Å². The molecule has 0 aliphatic carbocycles. The first-order valence-electron chi connectivity index (χ1n) is 5.21. The average molecular weight is 332 g/mol. The van der Waals surface area contributed by atoms with Gasteiger partial charge in [0.15, 0.2) is 0 Å². The van der Waals surface area contributed by atoms with E-state index in [1.54, 1.807) is 0 Å². The van der Waals surface area contributed by atoms with Crippen LogP contribution in [0.4, 0.5) is 0 Å². The van der Waals surface area contributed by atoms with Crippen molar-refractivity contribution in [1.82, 2.24) is 0 Å². The minimum absolute atomic E-state index is 0. The summed E-state index contributed by atoms with van der Waals surface area (Å²) in [5.74, 6) is 0. The molecule has 100 valence electrons. The summed E-state index contributed by atoms with van der Waals surface area (Å²) in [6.45, 7) is 12.8. The third-order valence-electron chi connectivity index (χ3n) is 1.00. The van der Waals surface area contributed by atoms with Gasteiger partial charge < -0.3 is 30.1 Å². The molecule has 1 nitrogen and oxygen atoms in total. The Morgan fingerprint density at radius 3 is 1.29 bits per heavy atom. The maximum absolute atomic E-state index is 3.97. The van der Waals surface area contributed by atoms with E-state index in [0.29, 0.717) is 0 Å². The van der Waals surface area contributed by atoms with Gasteiger partial charge in [-0.25, -0.2) is 12.1 Å². The largest absolute Gasteiger partial charge is 4.00 e. The van der Waals surface area contributed by atoms with E-state index < -0.39 is 0 Å². The maximum Gasteiger partial charge on any atom is 4.00 e. The zero-order valence-electron chi connectivity index (χ0n) is 11.5. The summed E-state index contributed by atoms with van der Waals surface area (Å²) in [6.07, 6.45) is 0. The van der Waals surface area contributed by atoms with Gasteiger partial charge in [-0.3, -0.25) is 0 Å². The van der Waals surface area contributed by atoms with Gasteiger partial charge in [0.1, 0.15) is 0 Å². The molecule has 0 unspecified atom stereocenters. The van der Waals surface area contributed by atoms with Gasteiger partial charge in [-0.1, -0.05) is 33.5 Å². The Kier molecular flexibility index (Phi) is 54.1. The zero-order chi connectivity index (χ0) is 11.2. The Morgan fingerprint density at radius 1 is 0.941 bits per heavy atom. The molecule has 1 aromatic rings. The minimum Gasteiger partial charge on any atom is -1.00 e. The van der Waals surface area contributed by atoms with Crippen LogP contribution in [0.3, 0.4) is 0 Å². The molecule has 1 aromatic carbocycles. The molecular weight excluding hydrogens is 308 g/mol. The van der Waals surface area contributed by atoms with Gasteiger partial charge in [0.2, 0.25) is 0 Å². The van der Waals surface area contributed by atoms with E-state index >= 15 is 0 Å². The molecule has 0 fully saturated rings. The van der Waals surface area contributed by atoms with Crippen LogP contribution in [0.5, 0.6) is 0 Å². The molecule has 0 N–H and O–H groups in total. The fraction of sp³-hybridized carbons (Fsp3) is 0.583. The molecule has 0 aromatic heterocycles. The molecule has 0 atom stereocenters. The van der Waals surface area contributed by atoms with Crippen LogP contribution in [0.15, 0.2) is 30.3 Å². The van der Waals surface area contributed by atoms with Crippen molar-refractivity contribution in [2.24, 2.45) is 0 Å². The molecule has 5 heteroatoms. The third-order valence-corrected chi connectivity index (χ3v) is 1.00. The molecule has 0 saturated carbocycles. The van der Waals surface area contributed by atoms with Crippen molar-refractivity contribution < 1.29 is 43.4 Å². The van der Waals surface area contributed by atoms with E-state index in [4.69, 9.17) is 0 Å². The summed E-state index contributed by atoms with van der Waals surface area (Å²) < 4.78 is 0. The summed E-state index contributed by atoms with van der Waals surface area (Å²) in [6, 6.07) is 10.0. The van der Waals surface area contributed by atoms with Crippen molar-refractivity contribution >= 4 is 8.80 Å². The smallest absolute Gasteiger partial charge is 1.00 e. The van der Waals surface area contributed by atoms with E-state index in [-0.39, 0.29) is 52.2 Å². The number of nitrogens with zero attached hydrogens (tertiary/aromatic N) is 1. The standard InChI is InChI=1S/C5H5.C4H10N.C3H9Si.2ClH.V/c1-2-4-5-3-1;1-3-5-4-2;1-4(2)3;;;/h1-5H;3-4H2,1-2H3;1-3H3;2*1H;/q2*-1;;;;+4/p-2. The molecule has 17 heavy (non-hydrogen) atoms. The van der Waals surface area contributed by atoms with Crippen molar-refractivity contribution in [2.75, 3.05) is 13.1 Å². The van der Waals surface area contributed by atoms with E-state index in [9.17, 15) is 0 Å². The monoisotopic (exact) mass is 331 g/mol. The Bertz CT molecular complexity index is 140. The molecule has 0 bridgehead atoms. The van der Waals surface area contributed by atoms with E-state index in [2.05, 4.69) is 25.0 Å². The van der Waals surface area contributed by atoms with Crippen molar-refractivity contribution in [3.63, 3.8) is 0 Å². The Balaban J connectivity index is -0.0000000392. The molecule has 0 spiro atoms. The predicted molar refractivity (Wildman–Crippen MR) is 69.8 cm³/mol. The minimum atomic E-state index is 0. The van der Waals surface area contributed by atoms with Crippen molar-refractivity contribution in [3.8, 4) is 0 Å². The van der Waals surface area contributed by atoms with Crippen LogP contribution >= 0.6 is 0 Å². The summed E-state index contributed by atoms with van der Waals surface area (Å²) >= 11 is 0. The van der Waals surface area contributed by atoms with Gasteiger partial charge in [-0.15, -0.1) is 0 Å². The molecule has 0 amide bonds. The fourth-order valence-electron chi connectivity index (χ4n) is 0.544. The van der Waals surface area contributed by atoms with E-state index in [0.717, 1.165) is 13.1 Å². The summed E-state index contributed by atoms with van der Waals surface area (Å²) in [5.41, 5.74) is 0. The topological polar surface area (TPSA) is 14.1 Å². The van der Waals surface area contributed by atoms with Gasteiger partial charge in [-0.05, 0) is 0 Å². The van der Waals surface area contributed by atoms with Crippen LogP contribution in [0.2, 0.25) is 19.6 Å². The van der Waals surface area contributed by atoms with Gasteiger partial charge in [-0.2, -0.15) is 31.3 Å². The van der Waals surface area contributed by atoms with Crippen molar-refractivity contribution in [2.45, 2.75) is 33.5 Å². The van der Waals surface area contributed by atoms with Crippen LogP contribution in [-0.4, -0.2) is 21.9 Å². The first kappa shape index (κ1) is 30.6. The molecule has 2 radical (unpaired) electrons. The quantitative estimate of drug-likeness (QED) is 0.448. The van der Waals surface area contributed by atoms with Crippen LogP contribution in [0.25, 0.3) is 5.32 Å². The number of halogens is 2. The number of hydrogen-bond acceptors (Lipinski definition) is 0. The van der Waals surface area contributed by atoms with Gasteiger partial charge in [0.25, 0.3) is 0 Å².